The molecule has 2 aliphatic rings. The number of ether oxygens (including phenoxy) is 4. The number of nitrogens with zero attached hydrogens (tertiary/aromatic N) is 6. The van der Waals surface area contributed by atoms with Gasteiger partial charge in [-0.1, -0.05) is 0 Å². The van der Waals surface area contributed by atoms with Gasteiger partial charge in [0.05, 0.1) is 40.9 Å². The van der Waals surface area contributed by atoms with E-state index in [1.807, 2.05) is 21.6 Å². The topological polar surface area (TPSA) is 128 Å². The molecule has 13 nitrogen and oxygen atoms in total. The molecule has 2 N–H and O–H groups in total. The molecule has 0 unspecified atom stereocenters. The fourth-order valence-electron chi connectivity index (χ4n) is 5.42. The van der Waals surface area contributed by atoms with Crippen LogP contribution in [0.3, 0.4) is 0 Å². The molecule has 4 heterocycles. The zero-order valence-electron chi connectivity index (χ0n) is 24.6. The summed E-state index contributed by atoms with van der Waals surface area (Å²) in [6, 6.07) is 11.8. The predicted molar refractivity (Wildman–Crippen MR) is 163 cm³/mol. The van der Waals surface area contributed by atoms with Crippen LogP contribution in [0.2, 0.25) is 0 Å². The highest BCUT2D eigenvalue weighted by Gasteiger charge is 2.21. The Morgan fingerprint density at radius 2 is 1.63 bits per heavy atom. The summed E-state index contributed by atoms with van der Waals surface area (Å²) in [6.07, 6.45) is 3.25. The highest BCUT2D eigenvalue weighted by Crippen LogP contribution is 2.40. The van der Waals surface area contributed by atoms with Crippen molar-refractivity contribution in [1.82, 2.24) is 24.4 Å². The van der Waals surface area contributed by atoms with Crippen LogP contribution in [0.4, 0.5) is 28.8 Å². The molecule has 2 saturated heterocycles. The molecule has 0 atom stereocenters. The van der Waals surface area contributed by atoms with E-state index < -0.39 is 0 Å². The first-order valence-corrected chi connectivity index (χ1v) is 14.3. The fraction of sp³-hybridized carbons (Fsp3) is 0.400. The van der Waals surface area contributed by atoms with E-state index in [0.29, 0.717) is 65.4 Å². The lowest BCUT2D eigenvalue weighted by atomic mass is 10.2. The monoisotopic (exact) mass is 588 g/mol. The highest BCUT2D eigenvalue weighted by molar-refractivity contribution is 5.87. The number of rotatable bonds is 11. The van der Waals surface area contributed by atoms with Gasteiger partial charge in [-0.05, 0) is 30.7 Å². The quantitative estimate of drug-likeness (QED) is 0.266. The molecule has 1 amide bonds. The number of methoxy groups -OCH3 is 3. The Hall–Kier alpha value is -4.78. The van der Waals surface area contributed by atoms with E-state index in [4.69, 9.17) is 28.9 Å². The van der Waals surface area contributed by atoms with Gasteiger partial charge in [-0.15, -0.1) is 0 Å². The maximum absolute atomic E-state index is 12.2. The second-order valence-corrected chi connectivity index (χ2v) is 10.3. The second-order valence-electron chi connectivity index (χ2n) is 10.3. The van der Waals surface area contributed by atoms with Crippen LogP contribution in [0.5, 0.6) is 17.2 Å². The van der Waals surface area contributed by atoms with Crippen LogP contribution in [0.1, 0.15) is 12.8 Å². The number of carbonyl (C=O) groups excluding carboxylic acids is 1. The first-order chi connectivity index (χ1) is 21.1. The lowest BCUT2D eigenvalue weighted by molar-refractivity contribution is -0.127. The summed E-state index contributed by atoms with van der Waals surface area (Å²) in [6.45, 7) is 5.14. The minimum atomic E-state index is 0.187. The van der Waals surface area contributed by atoms with Gasteiger partial charge in [0.2, 0.25) is 17.6 Å². The number of morpholine rings is 1. The van der Waals surface area contributed by atoms with Crippen molar-refractivity contribution < 1.29 is 23.7 Å². The van der Waals surface area contributed by atoms with Crippen molar-refractivity contribution in [2.75, 3.05) is 76.3 Å². The zero-order valence-corrected chi connectivity index (χ0v) is 24.6. The minimum absolute atomic E-state index is 0.187. The van der Waals surface area contributed by atoms with E-state index in [9.17, 15) is 4.79 Å². The summed E-state index contributed by atoms with van der Waals surface area (Å²) < 4.78 is 24.0. The van der Waals surface area contributed by atoms with E-state index in [-0.39, 0.29) is 5.91 Å². The minimum Gasteiger partial charge on any atom is -0.493 e. The Bertz CT molecular complexity index is 1560. The van der Waals surface area contributed by atoms with Gasteiger partial charge in [-0.3, -0.25) is 4.79 Å². The molecular formula is C30H36N8O5. The number of carbonyl (C=O) groups is 1. The third-order valence-corrected chi connectivity index (χ3v) is 7.67. The zero-order chi connectivity index (χ0) is 29.8. The summed E-state index contributed by atoms with van der Waals surface area (Å²) in [5.41, 5.74) is 3.94. The Kier molecular flexibility index (Phi) is 8.31. The van der Waals surface area contributed by atoms with Crippen molar-refractivity contribution in [1.29, 1.82) is 0 Å². The van der Waals surface area contributed by atoms with E-state index in [2.05, 4.69) is 32.7 Å². The van der Waals surface area contributed by atoms with Crippen LogP contribution in [0, 0.1) is 0 Å². The van der Waals surface area contributed by atoms with Gasteiger partial charge in [0.15, 0.2) is 28.5 Å². The van der Waals surface area contributed by atoms with Crippen LogP contribution in [0.25, 0.3) is 11.2 Å². The highest BCUT2D eigenvalue weighted by atomic mass is 16.5. The van der Waals surface area contributed by atoms with Gasteiger partial charge in [0, 0.05) is 68.3 Å². The lowest BCUT2D eigenvalue weighted by Gasteiger charge is -2.28. The lowest BCUT2D eigenvalue weighted by Crippen LogP contribution is -2.36. The van der Waals surface area contributed by atoms with Gasteiger partial charge < -0.3 is 43.9 Å². The van der Waals surface area contributed by atoms with Crippen molar-refractivity contribution in [2.24, 2.45) is 0 Å². The van der Waals surface area contributed by atoms with Gasteiger partial charge in [0.25, 0.3) is 0 Å². The maximum Gasteiger partial charge on any atom is 0.231 e. The molecule has 0 saturated carbocycles. The number of hydrogen-bond donors (Lipinski definition) is 2. The average Bonchev–Trinajstić information content (AvgIpc) is 3.65. The number of amides is 1. The fourth-order valence-corrected chi connectivity index (χ4v) is 5.42. The van der Waals surface area contributed by atoms with E-state index in [0.717, 1.165) is 50.6 Å². The first kappa shape index (κ1) is 28.3. The smallest absolute Gasteiger partial charge is 0.231 e. The standard InChI is InChI=1S/C30H36N8O5/c1-40-23-17-21(18-24(41-2)27(23)42-3)33-30-34-28(32-20-6-8-22(9-7-20)36-13-15-43-16-14-36)26-29(35-30)38(19-31-26)12-11-37-10-4-5-25(37)39/h6-9,17-19H,4-5,10-16H2,1-3H3,(H2,32,33,34,35). The van der Waals surface area contributed by atoms with Crippen LogP contribution < -0.4 is 29.7 Å². The van der Waals surface area contributed by atoms with Gasteiger partial charge in [0.1, 0.15) is 0 Å². The Balaban J connectivity index is 1.32. The molecule has 2 aromatic heterocycles. The molecular weight excluding hydrogens is 552 g/mol. The van der Waals surface area contributed by atoms with Crippen LogP contribution in [-0.2, 0) is 16.1 Å². The van der Waals surface area contributed by atoms with Crippen molar-refractivity contribution in [3.05, 3.63) is 42.7 Å². The number of aromatic nitrogens is 4. The van der Waals surface area contributed by atoms with Crippen molar-refractivity contribution in [2.45, 2.75) is 19.4 Å². The summed E-state index contributed by atoms with van der Waals surface area (Å²) >= 11 is 0. The predicted octanol–water partition coefficient (Wildman–Crippen LogP) is 3.80. The van der Waals surface area contributed by atoms with E-state index in [1.165, 1.54) is 0 Å². The summed E-state index contributed by atoms with van der Waals surface area (Å²) in [5.74, 6) is 2.59. The third-order valence-electron chi connectivity index (χ3n) is 7.67. The number of nitrogens with one attached hydrogen (secondary N) is 2. The molecule has 6 rings (SSSR count). The summed E-state index contributed by atoms with van der Waals surface area (Å²) in [5, 5.41) is 6.73. The van der Waals surface area contributed by atoms with Gasteiger partial charge in [-0.25, -0.2) is 4.98 Å². The van der Waals surface area contributed by atoms with Crippen molar-refractivity contribution in [3.63, 3.8) is 0 Å². The molecule has 2 aromatic carbocycles. The first-order valence-electron chi connectivity index (χ1n) is 14.3. The Labute approximate surface area is 249 Å². The molecule has 0 aliphatic carbocycles. The molecule has 2 aliphatic heterocycles. The number of imidazole rings is 1. The SMILES string of the molecule is COc1cc(Nc2nc(Nc3ccc(N4CCOCC4)cc3)c3ncn(CCN4CCCC4=O)c3n2)cc(OC)c1OC. The Morgan fingerprint density at radius 1 is 0.884 bits per heavy atom. The normalized spacial score (nSPS) is 15.2. The molecule has 0 radical (unpaired) electrons. The van der Waals surface area contributed by atoms with E-state index >= 15 is 0 Å². The van der Waals surface area contributed by atoms with Gasteiger partial charge in [-0.2, -0.15) is 9.97 Å². The number of hydrogen-bond acceptors (Lipinski definition) is 11. The Morgan fingerprint density at radius 3 is 2.28 bits per heavy atom. The van der Waals surface area contributed by atoms with Gasteiger partial charge >= 0.3 is 0 Å². The van der Waals surface area contributed by atoms with Crippen molar-refractivity contribution >= 4 is 45.9 Å². The van der Waals surface area contributed by atoms with Crippen LogP contribution in [0.15, 0.2) is 42.7 Å². The molecule has 0 bridgehead atoms. The van der Waals surface area contributed by atoms with Crippen molar-refractivity contribution in [3.8, 4) is 17.2 Å². The third kappa shape index (κ3) is 6.07. The number of fused-ring (bicyclic) bond motifs is 1. The summed E-state index contributed by atoms with van der Waals surface area (Å²) in [7, 11) is 4.70. The molecule has 43 heavy (non-hydrogen) atoms. The van der Waals surface area contributed by atoms with E-state index in [1.54, 1.807) is 39.8 Å². The van der Waals surface area contributed by atoms with Crippen LogP contribution >= 0.6 is 0 Å². The van der Waals surface area contributed by atoms with Crippen LogP contribution in [-0.4, -0.2) is 91.0 Å². The number of likely N-dealkylation sites (tertiary alicyclic amines) is 1. The maximum atomic E-state index is 12.2. The average molecular weight is 589 g/mol. The largest absolute Gasteiger partial charge is 0.493 e. The molecule has 0 spiro atoms. The summed E-state index contributed by atoms with van der Waals surface area (Å²) in [4.78, 5) is 30.7. The molecule has 226 valence electrons. The molecule has 4 aromatic rings. The second kappa shape index (κ2) is 12.6. The number of benzene rings is 2. The number of anilines is 5. The molecule has 2 fully saturated rings. The molecule has 13 heteroatoms.